The number of carbonyl (C=O) groups excluding carboxylic acids is 1. The number of fused-ring (bicyclic) bond motifs is 1. The molecule has 0 atom stereocenters. The lowest BCUT2D eigenvalue weighted by molar-refractivity contribution is 0.0997. The van der Waals surface area contributed by atoms with Gasteiger partial charge in [0.1, 0.15) is 0 Å². The fraction of sp³-hybridized carbons (Fsp3) is 0.417. The molecule has 1 aliphatic rings. The number of thiazole rings is 1. The number of nitrogens with zero attached hydrogens (tertiary/aromatic N) is 3. The molecule has 1 aromatic heterocycles. The first-order valence-electron chi connectivity index (χ1n) is 11.1. The van der Waals surface area contributed by atoms with Crippen molar-refractivity contribution in [1.29, 1.82) is 0 Å². The smallest absolute Gasteiger partial charge is 0.279 e. The number of aryl methyl sites for hydroxylation is 1. The van der Waals surface area contributed by atoms with Crippen molar-refractivity contribution < 1.29 is 13.2 Å². The van der Waals surface area contributed by atoms with Crippen molar-refractivity contribution in [2.24, 2.45) is 4.99 Å². The van der Waals surface area contributed by atoms with Crippen LogP contribution in [0.15, 0.2) is 52.4 Å². The van der Waals surface area contributed by atoms with E-state index in [1.165, 1.54) is 33.3 Å². The minimum absolute atomic E-state index is 0.225. The Morgan fingerprint density at radius 3 is 2.38 bits per heavy atom. The number of rotatable bonds is 5. The van der Waals surface area contributed by atoms with E-state index in [-0.39, 0.29) is 10.8 Å². The van der Waals surface area contributed by atoms with Gasteiger partial charge in [-0.05, 0) is 67.6 Å². The minimum Gasteiger partial charge on any atom is -0.317 e. The lowest BCUT2D eigenvalue weighted by atomic mass is 10.0. The first-order valence-corrected chi connectivity index (χ1v) is 13.4. The lowest BCUT2D eigenvalue weighted by Crippen LogP contribution is -2.35. The summed E-state index contributed by atoms with van der Waals surface area (Å²) in [4.78, 5) is 18.1. The first kappa shape index (κ1) is 22.9. The van der Waals surface area contributed by atoms with Gasteiger partial charge in [-0.15, -0.1) is 0 Å². The standard InChI is InChI=1S/C24H29N3O3S2/c1-4-27-21-13-10-19(17(2)3)16-22(21)31-24(27)25-23(28)18-8-11-20(12-9-18)32(29,30)26-14-6-5-7-15-26/h8-13,16-17H,4-7,14-15H2,1-3H3. The molecule has 1 saturated heterocycles. The monoisotopic (exact) mass is 471 g/mol. The maximum atomic E-state index is 12.9. The topological polar surface area (TPSA) is 71.7 Å². The highest BCUT2D eigenvalue weighted by molar-refractivity contribution is 7.89. The van der Waals surface area contributed by atoms with Gasteiger partial charge in [-0.25, -0.2) is 8.42 Å². The third kappa shape index (κ3) is 4.44. The molecule has 8 heteroatoms. The summed E-state index contributed by atoms with van der Waals surface area (Å²) in [6, 6.07) is 12.5. The number of hydrogen-bond donors (Lipinski definition) is 0. The highest BCUT2D eigenvalue weighted by atomic mass is 32.2. The van der Waals surface area contributed by atoms with E-state index < -0.39 is 10.0 Å². The summed E-state index contributed by atoms with van der Waals surface area (Å²) in [6.07, 6.45) is 2.84. The summed E-state index contributed by atoms with van der Waals surface area (Å²) in [5.41, 5.74) is 2.70. The highest BCUT2D eigenvalue weighted by Gasteiger charge is 2.26. The molecule has 0 N–H and O–H groups in total. The zero-order chi connectivity index (χ0) is 22.9. The Hall–Kier alpha value is -2.29. The van der Waals surface area contributed by atoms with Crippen LogP contribution in [-0.4, -0.2) is 36.3 Å². The van der Waals surface area contributed by atoms with Gasteiger partial charge in [0, 0.05) is 25.2 Å². The van der Waals surface area contributed by atoms with Crippen LogP contribution in [-0.2, 0) is 16.6 Å². The van der Waals surface area contributed by atoms with Crippen LogP contribution in [0.3, 0.4) is 0 Å². The maximum absolute atomic E-state index is 12.9. The molecule has 1 amide bonds. The van der Waals surface area contributed by atoms with Gasteiger partial charge < -0.3 is 4.57 Å². The second-order valence-electron chi connectivity index (χ2n) is 8.42. The Morgan fingerprint density at radius 2 is 1.75 bits per heavy atom. The molecular formula is C24H29N3O3S2. The van der Waals surface area contributed by atoms with Crippen molar-refractivity contribution in [1.82, 2.24) is 8.87 Å². The van der Waals surface area contributed by atoms with Crippen molar-refractivity contribution in [3.63, 3.8) is 0 Å². The normalized spacial score (nSPS) is 16.2. The number of sulfonamides is 1. The Morgan fingerprint density at radius 1 is 1.06 bits per heavy atom. The number of aromatic nitrogens is 1. The molecule has 1 fully saturated rings. The largest absolute Gasteiger partial charge is 0.317 e. The van der Waals surface area contributed by atoms with E-state index in [1.54, 1.807) is 12.1 Å². The summed E-state index contributed by atoms with van der Waals surface area (Å²) in [7, 11) is -3.51. The van der Waals surface area contributed by atoms with Crippen molar-refractivity contribution >= 4 is 37.5 Å². The Kier molecular flexibility index (Phi) is 6.65. The zero-order valence-electron chi connectivity index (χ0n) is 18.7. The van der Waals surface area contributed by atoms with Crippen LogP contribution in [0, 0.1) is 0 Å². The second-order valence-corrected chi connectivity index (χ2v) is 11.4. The van der Waals surface area contributed by atoms with Gasteiger partial charge in [-0.2, -0.15) is 9.30 Å². The van der Waals surface area contributed by atoms with E-state index in [0.29, 0.717) is 35.9 Å². The fourth-order valence-electron chi connectivity index (χ4n) is 4.02. The van der Waals surface area contributed by atoms with E-state index >= 15 is 0 Å². The third-order valence-electron chi connectivity index (χ3n) is 5.94. The molecule has 0 spiro atoms. The van der Waals surface area contributed by atoms with Crippen LogP contribution >= 0.6 is 11.3 Å². The second kappa shape index (κ2) is 9.29. The molecule has 170 valence electrons. The molecule has 2 aromatic carbocycles. The van der Waals surface area contributed by atoms with Gasteiger partial charge in [0.2, 0.25) is 10.0 Å². The molecule has 0 radical (unpaired) electrons. The summed E-state index contributed by atoms with van der Waals surface area (Å²) in [6.45, 7) is 8.17. The van der Waals surface area contributed by atoms with Crippen LogP contribution in [0.5, 0.6) is 0 Å². The van der Waals surface area contributed by atoms with E-state index in [9.17, 15) is 13.2 Å². The fourth-order valence-corrected chi connectivity index (χ4v) is 6.67. The van der Waals surface area contributed by atoms with Gasteiger partial charge in [0.25, 0.3) is 5.91 Å². The molecule has 0 saturated carbocycles. The average molecular weight is 472 g/mol. The SMILES string of the molecule is CCn1c(=NC(=O)c2ccc(S(=O)(=O)N3CCCCC3)cc2)sc2cc(C(C)C)ccc21. The highest BCUT2D eigenvalue weighted by Crippen LogP contribution is 2.24. The quantitative estimate of drug-likeness (QED) is 0.538. The van der Waals surface area contributed by atoms with Crippen LogP contribution in [0.25, 0.3) is 10.2 Å². The number of hydrogen-bond acceptors (Lipinski definition) is 4. The van der Waals surface area contributed by atoms with Gasteiger partial charge in [0.05, 0.1) is 15.1 Å². The van der Waals surface area contributed by atoms with Gasteiger partial charge in [0.15, 0.2) is 4.80 Å². The molecule has 6 nitrogen and oxygen atoms in total. The molecule has 2 heterocycles. The molecule has 0 unspecified atom stereocenters. The van der Waals surface area contributed by atoms with E-state index in [2.05, 4.69) is 37.0 Å². The van der Waals surface area contributed by atoms with Crippen LogP contribution in [0.4, 0.5) is 0 Å². The minimum atomic E-state index is -3.51. The number of benzene rings is 2. The number of amides is 1. The summed E-state index contributed by atoms with van der Waals surface area (Å²) >= 11 is 1.50. The Balaban J connectivity index is 1.64. The number of carbonyl (C=O) groups is 1. The van der Waals surface area contributed by atoms with Crippen molar-refractivity contribution in [2.75, 3.05) is 13.1 Å². The zero-order valence-corrected chi connectivity index (χ0v) is 20.4. The Labute approximate surface area is 193 Å². The van der Waals surface area contributed by atoms with E-state index in [0.717, 1.165) is 29.5 Å². The molecule has 32 heavy (non-hydrogen) atoms. The van der Waals surface area contributed by atoms with E-state index in [1.807, 2.05) is 11.5 Å². The third-order valence-corrected chi connectivity index (χ3v) is 8.89. The first-order chi connectivity index (χ1) is 15.3. The van der Waals surface area contributed by atoms with Gasteiger partial charge >= 0.3 is 0 Å². The van der Waals surface area contributed by atoms with Crippen molar-refractivity contribution in [2.45, 2.75) is 57.4 Å². The van der Waals surface area contributed by atoms with Crippen LogP contribution < -0.4 is 4.80 Å². The molecular weight excluding hydrogens is 442 g/mol. The summed E-state index contributed by atoms with van der Waals surface area (Å²) in [5.74, 6) is 0.0584. The maximum Gasteiger partial charge on any atom is 0.279 e. The predicted molar refractivity (Wildman–Crippen MR) is 129 cm³/mol. The van der Waals surface area contributed by atoms with Crippen molar-refractivity contribution in [3.05, 3.63) is 58.4 Å². The van der Waals surface area contributed by atoms with Gasteiger partial charge in [-0.1, -0.05) is 37.7 Å². The van der Waals surface area contributed by atoms with Crippen molar-refractivity contribution in [3.8, 4) is 0 Å². The average Bonchev–Trinajstić information content (AvgIpc) is 3.15. The molecule has 4 rings (SSSR count). The lowest BCUT2D eigenvalue weighted by Gasteiger charge is -2.25. The van der Waals surface area contributed by atoms with Gasteiger partial charge in [-0.3, -0.25) is 4.79 Å². The molecule has 0 aliphatic carbocycles. The number of piperidine rings is 1. The molecule has 1 aliphatic heterocycles. The van der Waals surface area contributed by atoms with E-state index in [4.69, 9.17) is 0 Å². The summed E-state index contributed by atoms with van der Waals surface area (Å²) in [5, 5.41) is 0. The van der Waals surface area contributed by atoms with Crippen LogP contribution in [0.2, 0.25) is 0 Å². The Bertz CT molecular complexity index is 1300. The predicted octanol–water partition coefficient (Wildman–Crippen LogP) is 4.76. The molecule has 3 aromatic rings. The van der Waals surface area contributed by atoms with Crippen LogP contribution in [0.1, 0.15) is 61.9 Å². The summed E-state index contributed by atoms with van der Waals surface area (Å²) < 4.78 is 30.3. The molecule has 0 bridgehead atoms.